The highest BCUT2D eigenvalue weighted by Gasteiger charge is 2.49. The first-order valence-corrected chi connectivity index (χ1v) is 16.3. The molecule has 1 N–H and O–H groups in total. The van der Waals surface area contributed by atoms with Crippen LogP contribution in [0.4, 0.5) is 19.0 Å². The molecule has 8 nitrogen and oxygen atoms in total. The zero-order valence-corrected chi connectivity index (χ0v) is 25.6. The highest BCUT2D eigenvalue weighted by atomic mass is 19.1. The lowest BCUT2D eigenvalue weighted by Crippen LogP contribution is -2.44. The standard InChI is InChI=1S/C35H35F3N6O2/c1-2-24-28(37)7-6-19-10-23(45)11-25(29(19)24)31-30(38)32-27(14-40-31)33(43-15-20-4-5-21(16-43)26(20)13-39)42-34(41-32)46-18-35-8-3-9-44(35)17-22(36)12-35/h6-7,10-11,14,20-22,26,45H,2-5,8-9,12,15-18H2,1H3/t20-,21+,22-,26?,35+/m1/s1. The average Bonchev–Trinajstić information content (AvgIpc) is 3.65. The largest absolute Gasteiger partial charge is 0.508 e. The summed E-state index contributed by atoms with van der Waals surface area (Å²) < 4.78 is 52.6. The number of aromatic hydroxyl groups is 1. The molecule has 4 fully saturated rings. The maximum Gasteiger partial charge on any atom is 0.319 e. The van der Waals surface area contributed by atoms with Crippen LogP contribution in [0.15, 0.2) is 30.5 Å². The van der Waals surface area contributed by atoms with Gasteiger partial charge in [0.1, 0.15) is 41.4 Å². The Morgan fingerprint density at radius 3 is 2.70 bits per heavy atom. The van der Waals surface area contributed by atoms with Gasteiger partial charge in [-0.15, -0.1) is 0 Å². The minimum Gasteiger partial charge on any atom is -0.508 e. The van der Waals surface area contributed by atoms with Crippen LogP contribution in [0.5, 0.6) is 11.8 Å². The number of anilines is 1. The molecule has 1 saturated carbocycles. The number of benzene rings is 2. The number of aryl methyl sites for hydroxylation is 1. The van der Waals surface area contributed by atoms with Crippen LogP contribution in [-0.2, 0) is 6.42 Å². The minimum absolute atomic E-state index is 0.00117. The van der Waals surface area contributed by atoms with E-state index in [0.29, 0.717) is 60.0 Å². The molecule has 2 bridgehead atoms. The van der Waals surface area contributed by atoms with E-state index < -0.39 is 23.3 Å². The number of nitriles is 1. The van der Waals surface area contributed by atoms with Gasteiger partial charge in [0.25, 0.3) is 0 Å². The zero-order chi connectivity index (χ0) is 31.7. The fraction of sp³-hybridized carbons (Fsp3) is 0.486. The number of fused-ring (bicyclic) bond motifs is 5. The molecule has 3 aliphatic heterocycles. The van der Waals surface area contributed by atoms with Gasteiger partial charge < -0.3 is 14.7 Å². The van der Waals surface area contributed by atoms with Crippen LogP contribution >= 0.6 is 0 Å². The first-order chi connectivity index (χ1) is 22.3. The third kappa shape index (κ3) is 4.55. The molecule has 1 unspecified atom stereocenters. The van der Waals surface area contributed by atoms with Crippen LogP contribution in [0.25, 0.3) is 32.9 Å². The summed E-state index contributed by atoms with van der Waals surface area (Å²) in [6, 6.07) is 8.33. The Labute approximate surface area is 264 Å². The minimum atomic E-state index is -0.921. The number of alkyl halides is 1. The van der Waals surface area contributed by atoms with Gasteiger partial charge in [-0.2, -0.15) is 15.2 Å². The number of aromatic nitrogens is 3. The Hall–Kier alpha value is -4.17. The summed E-state index contributed by atoms with van der Waals surface area (Å²) in [6.45, 7) is 4.40. The molecule has 5 atom stereocenters. The highest BCUT2D eigenvalue weighted by molar-refractivity contribution is 6.01. The maximum atomic E-state index is 16.9. The Balaban J connectivity index is 1.27. The second kappa shape index (κ2) is 11.0. The van der Waals surface area contributed by atoms with Crippen molar-refractivity contribution in [2.75, 3.05) is 37.7 Å². The van der Waals surface area contributed by atoms with E-state index in [2.05, 4.69) is 25.8 Å². The average molecular weight is 629 g/mol. The summed E-state index contributed by atoms with van der Waals surface area (Å²) in [6.07, 6.45) is 5.02. The number of halogens is 3. The number of pyridine rings is 1. The van der Waals surface area contributed by atoms with Gasteiger partial charge in [-0.1, -0.05) is 13.0 Å². The molecule has 0 amide bonds. The molecule has 4 aromatic rings. The number of piperidine rings is 1. The number of hydrogen-bond donors (Lipinski definition) is 1. The molecule has 2 aromatic heterocycles. The maximum absolute atomic E-state index is 16.9. The van der Waals surface area contributed by atoms with Crippen LogP contribution in [0, 0.1) is 40.7 Å². The number of phenolic OH excluding ortho intramolecular Hbond substituents is 1. The van der Waals surface area contributed by atoms with Crippen molar-refractivity contribution in [3.05, 3.63) is 47.7 Å². The van der Waals surface area contributed by atoms with E-state index in [9.17, 15) is 19.1 Å². The molecule has 4 aliphatic rings. The number of rotatable bonds is 6. The van der Waals surface area contributed by atoms with Gasteiger partial charge in [-0.25, -0.2) is 13.2 Å². The SMILES string of the molecule is CCc1c(F)ccc2cc(O)cc(-c3ncc4c(N5C[C@H]6CC[C@@H](C5)C6C#N)nc(OC[C@@]56CCCN5C[C@H](F)C6)nc4c3F)c12. The molecule has 3 saturated heterocycles. The Bertz CT molecular complexity index is 1900. The summed E-state index contributed by atoms with van der Waals surface area (Å²) >= 11 is 0. The van der Waals surface area contributed by atoms with E-state index in [1.54, 1.807) is 6.07 Å². The Morgan fingerprint density at radius 1 is 1.13 bits per heavy atom. The highest BCUT2D eigenvalue weighted by Crippen LogP contribution is 2.45. The predicted octanol–water partition coefficient (Wildman–Crippen LogP) is 6.33. The zero-order valence-electron chi connectivity index (χ0n) is 25.6. The molecule has 238 valence electrons. The monoisotopic (exact) mass is 628 g/mol. The number of phenols is 1. The van der Waals surface area contributed by atoms with Crippen molar-refractivity contribution in [3.63, 3.8) is 0 Å². The quantitative estimate of drug-likeness (QED) is 0.265. The summed E-state index contributed by atoms with van der Waals surface area (Å²) in [4.78, 5) is 18.2. The van der Waals surface area contributed by atoms with Crippen molar-refractivity contribution in [1.29, 1.82) is 5.26 Å². The first-order valence-electron chi connectivity index (χ1n) is 16.3. The summed E-state index contributed by atoms with van der Waals surface area (Å²) in [5, 5.41) is 21.8. The molecule has 8 rings (SSSR count). The third-order valence-electron chi connectivity index (χ3n) is 10.9. The first kappa shape index (κ1) is 29.2. The van der Waals surface area contributed by atoms with Crippen molar-refractivity contribution in [3.8, 4) is 29.1 Å². The summed E-state index contributed by atoms with van der Waals surface area (Å²) in [5.74, 6) is -0.404. The van der Waals surface area contributed by atoms with Gasteiger partial charge in [-0.3, -0.25) is 9.88 Å². The van der Waals surface area contributed by atoms with Crippen molar-refractivity contribution < 1.29 is 23.0 Å². The van der Waals surface area contributed by atoms with Gasteiger partial charge in [0.2, 0.25) is 0 Å². The van der Waals surface area contributed by atoms with Crippen molar-refractivity contribution in [2.45, 2.75) is 57.2 Å². The topological polar surface area (TPSA) is 98.4 Å². The molecule has 5 heterocycles. The van der Waals surface area contributed by atoms with E-state index in [1.165, 1.54) is 24.4 Å². The van der Waals surface area contributed by atoms with E-state index >= 15 is 4.39 Å². The van der Waals surface area contributed by atoms with Gasteiger partial charge >= 0.3 is 6.01 Å². The third-order valence-corrected chi connectivity index (χ3v) is 10.9. The van der Waals surface area contributed by atoms with Crippen LogP contribution < -0.4 is 9.64 Å². The van der Waals surface area contributed by atoms with Crippen molar-refractivity contribution in [2.24, 2.45) is 17.8 Å². The molecule has 46 heavy (non-hydrogen) atoms. The van der Waals surface area contributed by atoms with Crippen LogP contribution in [0.1, 0.15) is 44.6 Å². The summed E-state index contributed by atoms with van der Waals surface area (Å²) in [7, 11) is 0. The summed E-state index contributed by atoms with van der Waals surface area (Å²) in [5.41, 5.74) is 0.165. The molecule has 1 aliphatic carbocycles. The second-order valence-corrected chi connectivity index (χ2v) is 13.5. The number of ether oxygens (including phenoxy) is 1. The van der Waals surface area contributed by atoms with Crippen LogP contribution in [0.3, 0.4) is 0 Å². The molecule has 0 radical (unpaired) electrons. The van der Waals surface area contributed by atoms with Gasteiger partial charge in [0, 0.05) is 37.8 Å². The van der Waals surface area contributed by atoms with E-state index in [0.717, 1.165) is 32.2 Å². The molecular weight excluding hydrogens is 593 g/mol. The van der Waals surface area contributed by atoms with Crippen LogP contribution in [-0.4, -0.2) is 69.5 Å². The lowest BCUT2D eigenvalue weighted by Gasteiger charge is -2.36. The van der Waals surface area contributed by atoms with Crippen molar-refractivity contribution in [1.82, 2.24) is 19.9 Å². The molecule has 0 spiro atoms. The van der Waals surface area contributed by atoms with Gasteiger partial charge in [0.15, 0.2) is 5.82 Å². The number of hydrogen-bond acceptors (Lipinski definition) is 8. The normalized spacial score (nSPS) is 27.4. The van der Waals surface area contributed by atoms with E-state index in [-0.39, 0.29) is 52.9 Å². The number of nitrogens with zero attached hydrogens (tertiary/aromatic N) is 6. The fourth-order valence-electron chi connectivity index (χ4n) is 8.80. The predicted molar refractivity (Wildman–Crippen MR) is 167 cm³/mol. The van der Waals surface area contributed by atoms with Gasteiger partial charge in [0.05, 0.1) is 22.9 Å². The second-order valence-electron chi connectivity index (χ2n) is 13.5. The fourth-order valence-corrected chi connectivity index (χ4v) is 8.80. The molecular formula is C35H35F3N6O2. The van der Waals surface area contributed by atoms with E-state index in [4.69, 9.17) is 9.72 Å². The Morgan fingerprint density at radius 2 is 1.93 bits per heavy atom. The van der Waals surface area contributed by atoms with Gasteiger partial charge in [-0.05, 0) is 85.0 Å². The molecule has 11 heteroatoms. The smallest absolute Gasteiger partial charge is 0.319 e. The lowest BCUT2D eigenvalue weighted by molar-refractivity contribution is 0.107. The lowest BCUT2D eigenvalue weighted by atomic mass is 9.86. The Kier molecular flexibility index (Phi) is 6.98. The van der Waals surface area contributed by atoms with Crippen LogP contribution in [0.2, 0.25) is 0 Å². The van der Waals surface area contributed by atoms with E-state index in [1.807, 2.05) is 6.92 Å². The molecule has 2 aromatic carbocycles. The van der Waals surface area contributed by atoms with Crippen molar-refractivity contribution >= 4 is 27.5 Å².